The molecule has 9 heteroatoms. The topological polar surface area (TPSA) is 88.1 Å². The Morgan fingerprint density at radius 3 is 2.97 bits per heavy atom. The van der Waals surface area contributed by atoms with Crippen LogP contribution >= 0.6 is 22.9 Å². The number of anilines is 1. The molecule has 1 fully saturated rings. The monoisotopic (exact) mass is 481 g/mol. The summed E-state index contributed by atoms with van der Waals surface area (Å²) in [6.07, 6.45) is 3.69. The van der Waals surface area contributed by atoms with Crippen LogP contribution in [0.1, 0.15) is 24.0 Å². The maximum Gasteiger partial charge on any atom is 0.317 e. The lowest BCUT2D eigenvalue weighted by molar-refractivity contribution is 0.188. The fourth-order valence-corrected chi connectivity index (χ4v) is 5.75. The number of fused-ring (bicyclic) bond motifs is 2. The van der Waals surface area contributed by atoms with Crippen LogP contribution in [0.25, 0.3) is 32.1 Å². The molecule has 33 heavy (non-hydrogen) atoms. The van der Waals surface area contributed by atoms with E-state index in [1.807, 2.05) is 13.0 Å². The number of nitrogens with two attached hydrogens (primary N) is 1. The van der Waals surface area contributed by atoms with Crippen LogP contribution in [-0.2, 0) is 0 Å². The first kappa shape index (κ1) is 21.8. The summed E-state index contributed by atoms with van der Waals surface area (Å²) >= 11 is 7.86. The molecule has 2 aromatic carbocycles. The summed E-state index contributed by atoms with van der Waals surface area (Å²) in [5.41, 5.74) is 8.19. The number of rotatable bonds is 4. The lowest BCUT2D eigenvalue weighted by Crippen LogP contribution is -2.30. The van der Waals surface area contributed by atoms with E-state index in [1.165, 1.54) is 17.5 Å². The smallest absolute Gasteiger partial charge is 0.317 e. The minimum Gasteiger partial charge on any atom is -0.462 e. The highest BCUT2D eigenvalue weighted by molar-refractivity contribution is 7.23. The third-order valence-electron chi connectivity index (χ3n) is 6.26. The van der Waals surface area contributed by atoms with Gasteiger partial charge in [-0.3, -0.25) is 0 Å². The molecular weight excluding hydrogens is 461 g/mol. The molecule has 6 nitrogen and oxygen atoms in total. The van der Waals surface area contributed by atoms with Crippen molar-refractivity contribution in [2.24, 2.45) is 0 Å². The van der Waals surface area contributed by atoms with E-state index in [4.69, 9.17) is 22.1 Å². The van der Waals surface area contributed by atoms with Crippen LogP contribution in [0.5, 0.6) is 6.01 Å². The largest absolute Gasteiger partial charge is 0.462 e. The van der Waals surface area contributed by atoms with Crippen molar-refractivity contribution in [3.05, 3.63) is 46.4 Å². The molecule has 0 radical (unpaired) electrons. The fourth-order valence-electron chi connectivity index (χ4n) is 4.44. The molecule has 1 atom stereocenters. The van der Waals surface area contributed by atoms with Gasteiger partial charge in [0.15, 0.2) is 5.82 Å². The Morgan fingerprint density at radius 2 is 2.24 bits per heavy atom. The van der Waals surface area contributed by atoms with Gasteiger partial charge < -0.3 is 15.4 Å². The number of ether oxygens (including phenoxy) is 1. The molecule has 4 aromatic rings. The van der Waals surface area contributed by atoms with Crippen LogP contribution in [0.2, 0.25) is 5.02 Å². The second-order valence-corrected chi connectivity index (χ2v) is 9.77. The van der Waals surface area contributed by atoms with E-state index >= 15 is 4.39 Å². The van der Waals surface area contributed by atoms with Gasteiger partial charge in [0, 0.05) is 33.3 Å². The zero-order chi connectivity index (χ0) is 23.3. The second-order valence-electron chi connectivity index (χ2n) is 8.31. The van der Waals surface area contributed by atoms with E-state index < -0.39 is 5.82 Å². The number of likely N-dealkylation sites (N-methyl/N-ethyl adjacent to an activating group) is 1. The Hall–Kier alpha value is -2.99. The molecule has 0 aliphatic carbocycles. The SMILES string of the molecule is Cc1ccc(-c2c(Cl)cc3cnc(OCC4CCCN4C)nc3c2F)c2c(C#N)c(N)sc12. The molecule has 5 rings (SSSR count). The summed E-state index contributed by atoms with van der Waals surface area (Å²) in [7, 11) is 2.06. The number of likely N-dealkylation sites (tertiary alicyclic amines) is 1. The predicted octanol–water partition coefficient (Wildman–Crippen LogP) is 5.54. The summed E-state index contributed by atoms with van der Waals surface area (Å²) in [5.74, 6) is -0.582. The number of nitriles is 1. The van der Waals surface area contributed by atoms with Gasteiger partial charge in [-0.2, -0.15) is 10.2 Å². The predicted molar refractivity (Wildman–Crippen MR) is 130 cm³/mol. The Labute approximate surface area is 199 Å². The Morgan fingerprint density at radius 1 is 1.42 bits per heavy atom. The first-order valence-corrected chi connectivity index (χ1v) is 11.8. The molecule has 0 saturated carbocycles. The minimum absolute atomic E-state index is 0.120. The van der Waals surface area contributed by atoms with Gasteiger partial charge >= 0.3 is 6.01 Å². The number of benzene rings is 2. The van der Waals surface area contributed by atoms with Crippen molar-refractivity contribution < 1.29 is 9.13 Å². The summed E-state index contributed by atoms with van der Waals surface area (Å²) < 4.78 is 22.6. The standard InChI is InChI=1S/C24H21ClFN5OS/c1-12-5-6-15(18-16(9-27)23(28)33-22(12)18)19-17(25)8-13-10-29-24(30-21(13)20(19)26)32-11-14-4-3-7-31(14)2/h5-6,8,10,14H,3-4,7,11,28H2,1-2H3. The number of nitrogen functional groups attached to an aromatic ring is 1. The van der Waals surface area contributed by atoms with Crippen LogP contribution < -0.4 is 10.5 Å². The Bertz CT molecular complexity index is 1450. The van der Waals surface area contributed by atoms with E-state index in [9.17, 15) is 5.26 Å². The van der Waals surface area contributed by atoms with Gasteiger partial charge in [-0.1, -0.05) is 23.7 Å². The number of hydrogen-bond acceptors (Lipinski definition) is 7. The maximum atomic E-state index is 15.9. The van der Waals surface area contributed by atoms with Gasteiger partial charge in [-0.15, -0.1) is 11.3 Å². The highest BCUT2D eigenvalue weighted by Crippen LogP contribution is 2.44. The van der Waals surface area contributed by atoms with E-state index in [1.54, 1.807) is 12.1 Å². The van der Waals surface area contributed by atoms with Crippen molar-refractivity contribution in [3.63, 3.8) is 0 Å². The molecule has 0 amide bonds. The summed E-state index contributed by atoms with van der Waals surface area (Å²) in [5, 5.41) is 11.4. The molecule has 168 valence electrons. The van der Waals surface area contributed by atoms with Gasteiger partial charge in [0.1, 0.15) is 23.2 Å². The van der Waals surface area contributed by atoms with Gasteiger partial charge in [0.2, 0.25) is 0 Å². The van der Waals surface area contributed by atoms with E-state index in [2.05, 4.69) is 28.0 Å². The van der Waals surface area contributed by atoms with Crippen molar-refractivity contribution in [2.45, 2.75) is 25.8 Å². The van der Waals surface area contributed by atoms with Crippen LogP contribution in [0.3, 0.4) is 0 Å². The van der Waals surface area contributed by atoms with Crippen LogP contribution in [0, 0.1) is 24.1 Å². The molecule has 1 aliphatic rings. The van der Waals surface area contributed by atoms with E-state index in [-0.39, 0.29) is 22.1 Å². The molecule has 3 heterocycles. The Balaban J connectivity index is 1.64. The molecular formula is C24H21ClFN5OS. The van der Waals surface area contributed by atoms with E-state index in [0.29, 0.717) is 39.5 Å². The number of halogens is 2. The van der Waals surface area contributed by atoms with Crippen molar-refractivity contribution in [3.8, 4) is 23.2 Å². The molecule has 2 aromatic heterocycles. The number of hydrogen-bond donors (Lipinski definition) is 1. The van der Waals surface area contributed by atoms with Crippen molar-refractivity contribution in [1.82, 2.24) is 14.9 Å². The number of thiophene rings is 1. The van der Waals surface area contributed by atoms with Gasteiger partial charge in [0.25, 0.3) is 0 Å². The molecule has 0 spiro atoms. The summed E-state index contributed by atoms with van der Waals surface area (Å²) in [6, 6.07) is 7.87. The third-order valence-corrected chi connectivity index (χ3v) is 7.72. The average Bonchev–Trinajstić information content (AvgIpc) is 3.36. The van der Waals surface area contributed by atoms with Crippen molar-refractivity contribution in [1.29, 1.82) is 5.26 Å². The number of aryl methyl sites for hydroxylation is 1. The zero-order valence-electron chi connectivity index (χ0n) is 18.2. The fraction of sp³-hybridized carbons (Fsp3) is 0.292. The lowest BCUT2D eigenvalue weighted by atomic mass is 9.96. The first-order valence-electron chi connectivity index (χ1n) is 10.6. The highest BCUT2D eigenvalue weighted by atomic mass is 35.5. The van der Waals surface area contributed by atoms with Crippen LogP contribution in [-0.4, -0.2) is 41.1 Å². The second kappa shape index (κ2) is 8.41. The van der Waals surface area contributed by atoms with E-state index in [0.717, 1.165) is 29.6 Å². The van der Waals surface area contributed by atoms with Crippen molar-refractivity contribution in [2.75, 3.05) is 25.9 Å². The summed E-state index contributed by atoms with van der Waals surface area (Å²) in [4.78, 5) is 10.8. The molecule has 2 N–H and O–H groups in total. The molecule has 1 unspecified atom stereocenters. The van der Waals surface area contributed by atoms with Gasteiger partial charge in [-0.05, 0) is 50.6 Å². The normalized spacial score (nSPS) is 16.5. The first-order chi connectivity index (χ1) is 15.9. The lowest BCUT2D eigenvalue weighted by Gasteiger charge is -2.19. The molecule has 1 aliphatic heterocycles. The number of nitrogens with zero attached hydrogens (tertiary/aromatic N) is 4. The highest BCUT2D eigenvalue weighted by Gasteiger charge is 2.24. The van der Waals surface area contributed by atoms with Gasteiger partial charge in [0.05, 0.1) is 10.6 Å². The maximum absolute atomic E-state index is 15.9. The summed E-state index contributed by atoms with van der Waals surface area (Å²) in [6.45, 7) is 3.41. The third kappa shape index (κ3) is 3.66. The van der Waals surface area contributed by atoms with Gasteiger partial charge in [-0.25, -0.2) is 9.37 Å². The van der Waals surface area contributed by atoms with Crippen LogP contribution in [0.4, 0.5) is 9.39 Å². The Kier molecular flexibility index (Phi) is 5.57. The minimum atomic E-state index is -0.582. The van der Waals surface area contributed by atoms with Crippen molar-refractivity contribution >= 4 is 48.9 Å². The van der Waals surface area contributed by atoms with Crippen LogP contribution in [0.15, 0.2) is 24.4 Å². The average molecular weight is 482 g/mol. The quantitative estimate of drug-likeness (QED) is 0.411. The zero-order valence-corrected chi connectivity index (χ0v) is 19.7. The number of aromatic nitrogens is 2. The molecule has 0 bridgehead atoms. The molecule has 1 saturated heterocycles.